The summed E-state index contributed by atoms with van der Waals surface area (Å²) in [7, 11) is 0. The number of rotatable bonds is 3. The molecule has 3 nitrogen and oxygen atoms in total. The number of aryl methyl sites for hydroxylation is 1. The normalized spacial score (nSPS) is 13.3. The zero-order valence-corrected chi connectivity index (χ0v) is 21.4. The number of nitrogens with zero attached hydrogens (tertiary/aromatic N) is 3. The van der Waals surface area contributed by atoms with Gasteiger partial charge in [-0.15, -0.1) is 11.3 Å². The summed E-state index contributed by atoms with van der Waals surface area (Å²) in [6.45, 7) is 10.6. The van der Waals surface area contributed by atoms with Gasteiger partial charge in [0.05, 0.1) is 4.34 Å². The third kappa shape index (κ3) is 8.31. The van der Waals surface area contributed by atoms with Crippen LogP contribution in [0.4, 0.5) is 17.6 Å². The van der Waals surface area contributed by atoms with Crippen molar-refractivity contribution in [3.05, 3.63) is 62.8 Å². The number of fused-ring (bicyclic) bond motifs is 1. The molecule has 1 aromatic carbocycles. The van der Waals surface area contributed by atoms with Crippen molar-refractivity contribution in [2.45, 2.75) is 59.9 Å². The maximum Gasteiger partial charge on any atom is 0.435 e. The lowest BCUT2D eigenvalue weighted by Crippen LogP contribution is -2.09. The molecule has 0 unspecified atom stereocenters. The molecule has 4 rings (SSSR count). The first-order valence-electron chi connectivity index (χ1n) is 10.5. The van der Waals surface area contributed by atoms with E-state index in [1.165, 1.54) is 39.5 Å². The van der Waals surface area contributed by atoms with Crippen molar-refractivity contribution >= 4 is 35.8 Å². The summed E-state index contributed by atoms with van der Waals surface area (Å²) in [6, 6.07) is 7.40. The van der Waals surface area contributed by atoms with Crippen molar-refractivity contribution in [1.82, 2.24) is 14.1 Å². The molecular formula is C23H28ClF4N3S2. The molecule has 10 heteroatoms. The lowest BCUT2D eigenvalue weighted by molar-refractivity contribution is -0.141. The van der Waals surface area contributed by atoms with E-state index in [0.29, 0.717) is 13.0 Å². The van der Waals surface area contributed by atoms with Gasteiger partial charge < -0.3 is 0 Å². The second-order valence-corrected chi connectivity index (χ2v) is 10.5. The predicted molar refractivity (Wildman–Crippen MR) is 131 cm³/mol. The highest BCUT2D eigenvalue weighted by Gasteiger charge is 2.38. The highest BCUT2D eigenvalue weighted by atomic mass is 35.5. The van der Waals surface area contributed by atoms with Crippen LogP contribution in [0.15, 0.2) is 36.5 Å². The van der Waals surface area contributed by atoms with Gasteiger partial charge in [-0.25, -0.2) is 8.70 Å². The number of halogens is 5. The molecule has 1 aliphatic heterocycles. The molecule has 0 radical (unpaired) electrons. The third-order valence-corrected chi connectivity index (χ3v) is 5.77. The third-order valence-electron chi connectivity index (χ3n) is 4.19. The predicted octanol–water partition coefficient (Wildman–Crippen LogP) is 8.34. The maximum atomic E-state index is 13.6. The number of hydrogen-bond donors (Lipinski definition) is 1. The molecule has 2 aromatic heterocycles. The molecule has 0 spiro atoms. The Labute approximate surface area is 206 Å². The number of benzene rings is 1. The maximum absolute atomic E-state index is 13.6. The van der Waals surface area contributed by atoms with Crippen molar-refractivity contribution in [2.24, 2.45) is 5.92 Å². The van der Waals surface area contributed by atoms with Gasteiger partial charge in [0.1, 0.15) is 5.82 Å². The highest BCUT2D eigenvalue weighted by Crippen LogP contribution is 2.37. The number of hydrogen-bond acceptors (Lipinski definition) is 4. The van der Waals surface area contributed by atoms with Crippen molar-refractivity contribution in [3.63, 3.8) is 0 Å². The van der Waals surface area contributed by atoms with Crippen LogP contribution in [0, 0.1) is 11.7 Å². The number of thiophene rings is 1. The van der Waals surface area contributed by atoms with Crippen molar-refractivity contribution in [1.29, 1.82) is 0 Å². The zero-order valence-electron chi connectivity index (χ0n) is 19.0. The first-order valence-corrected chi connectivity index (χ1v) is 12.1. The molecule has 0 saturated carbocycles. The van der Waals surface area contributed by atoms with Gasteiger partial charge in [0.25, 0.3) is 0 Å². The number of alkyl halides is 3. The Morgan fingerprint density at radius 3 is 2.33 bits per heavy atom. The van der Waals surface area contributed by atoms with Crippen molar-refractivity contribution in [2.75, 3.05) is 0 Å². The zero-order chi connectivity index (χ0) is 24.8. The first kappa shape index (κ1) is 27.7. The minimum atomic E-state index is -4.60. The van der Waals surface area contributed by atoms with E-state index in [4.69, 9.17) is 11.6 Å². The van der Waals surface area contributed by atoms with E-state index >= 15 is 0 Å². The van der Waals surface area contributed by atoms with Crippen LogP contribution >= 0.6 is 35.8 Å². The molecule has 0 aliphatic carbocycles. The fraction of sp³-hybridized carbons (Fsp3) is 0.435. The summed E-state index contributed by atoms with van der Waals surface area (Å²) in [4.78, 5) is 1.36. The Bertz CT molecular complexity index is 1000. The lowest BCUT2D eigenvalue weighted by atomic mass is 10.1. The van der Waals surface area contributed by atoms with E-state index < -0.39 is 17.7 Å². The summed E-state index contributed by atoms with van der Waals surface area (Å²) in [6.07, 6.45) is -2.71. The van der Waals surface area contributed by atoms with Crippen molar-refractivity contribution < 1.29 is 17.6 Å². The quantitative estimate of drug-likeness (QED) is 0.276. The van der Waals surface area contributed by atoms with Gasteiger partial charge >= 0.3 is 6.18 Å². The van der Waals surface area contributed by atoms with Crippen LogP contribution < -0.4 is 0 Å². The van der Waals surface area contributed by atoms with Gasteiger partial charge in [-0.3, -0.25) is 4.68 Å². The molecule has 0 bridgehead atoms. The molecule has 3 aromatic rings. The lowest BCUT2D eigenvalue weighted by Gasteiger charge is -2.06. The average molecular weight is 522 g/mol. The smallest absolute Gasteiger partial charge is 0.272 e. The monoisotopic (exact) mass is 521 g/mol. The molecule has 33 heavy (non-hydrogen) atoms. The summed E-state index contributed by atoms with van der Waals surface area (Å²) in [5, 5.41) is 3.51. The van der Waals surface area contributed by atoms with Gasteiger partial charge in [-0.1, -0.05) is 70.3 Å². The van der Waals surface area contributed by atoms with Gasteiger partial charge in [-0.2, -0.15) is 18.3 Å². The highest BCUT2D eigenvalue weighted by molar-refractivity contribution is 7.77. The van der Waals surface area contributed by atoms with Crippen LogP contribution in [0.1, 0.15) is 50.3 Å². The molecule has 1 aliphatic rings. The Hall–Kier alpha value is -1.55. The number of thiol groups is 1. The molecule has 0 amide bonds. The van der Waals surface area contributed by atoms with E-state index in [0.717, 1.165) is 29.4 Å². The Morgan fingerprint density at radius 1 is 1.15 bits per heavy atom. The molecule has 3 heterocycles. The molecule has 0 saturated heterocycles. The van der Waals surface area contributed by atoms with Crippen LogP contribution in [-0.2, 0) is 25.8 Å². The number of aromatic nitrogens is 2. The van der Waals surface area contributed by atoms with E-state index in [2.05, 4.69) is 38.7 Å². The fourth-order valence-corrected chi connectivity index (χ4v) is 4.68. The largest absolute Gasteiger partial charge is 0.435 e. The molecule has 0 fully saturated rings. The fourth-order valence-electron chi connectivity index (χ4n) is 2.97. The summed E-state index contributed by atoms with van der Waals surface area (Å²) >= 11 is 11.7. The Kier molecular flexibility index (Phi) is 10.3. The van der Waals surface area contributed by atoms with Crippen LogP contribution in [0.5, 0.6) is 0 Å². The SMILES string of the molecule is CC(C)C.CCCn1cc(-c2ccccc2F)c(C(F)(F)F)n1.SN1Cc2cc(Cl)sc2C1. The molecule has 182 valence electrons. The second kappa shape index (κ2) is 12.2. The van der Waals surface area contributed by atoms with E-state index in [-0.39, 0.29) is 11.1 Å². The average Bonchev–Trinajstić information content (AvgIpc) is 3.34. The standard InChI is InChI=1S/C13H12F4N2.C6H6ClNS2.C4H10/c1-2-7-19-8-10(12(18-19)13(15,16)17)9-5-3-4-6-11(9)14;7-6-1-4-2-8(9)3-5(4)10-6;1-4(2)3/h3-6,8H,2,7H2,1H3;1,9H,2-3H2;4H,1-3H3. The minimum absolute atomic E-state index is 0.0859. The van der Waals surface area contributed by atoms with Crippen LogP contribution in [0.3, 0.4) is 0 Å². The molecular weight excluding hydrogens is 494 g/mol. The van der Waals surface area contributed by atoms with Crippen LogP contribution in [0.25, 0.3) is 11.1 Å². The minimum Gasteiger partial charge on any atom is -0.272 e. The Balaban J connectivity index is 0.000000228. The molecule has 0 N–H and O–H groups in total. The first-order chi connectivity index (χ1) is 15.4. The summed E-state index contributed by atoms with van der Waals surface area (Å²) < 4.78 is 56.5. The van der Waals surface area contributed by atoms with Gasteiger partial charge in [-0.05, 0) is 30.0 Å². The van der Waals surface area contributed by atoms with Crippen molar-refractivity contribution in [3.8, 4) is 11.1 Å². The van der Waals surface area contributed by atoms with E-state index in [1.807, 2.05) is 17.3 Å². The second-order valence-electron chi connectivity index (χ2n) is 8.19. The van der Waals surface area contributed by atoms with Crippen LogP contribution in [0.2, 0.25) is 4.34 Å². The molecule has 0 atom stereocenters. The summed E-state index contributed by atoms with van der Waals surface area (Å²) in [5.41, 5.74) is -0.0210. The van der Waals surface area contributed by atoms with Gasteiger partial charge in [0.15, 0.2) is 5.69 Å². The topological polar surface area (TPSA) is 21.1 Å². The van der Waals surface area contributed by atoms with Crippen LogP contribution in [-0.4, -0.2) is 14.1 Å². The van der Waals surface area contributed by atoms with E-state index in [1.54, 1.807) is 11.3 Å². The van der Waals surface area contributed by atoms with Gasteiger partial charge in [0, 0.05) is 41.8 Å². The Morgan fingerprint density at radius 2 is 1.79 bits per heavy atom. The summed E-state index contributed by atoms with van der Waals surface area (Å²) in [5.74, 6) is 0.143. The van der Waals surface area contributed by atoms with E-state index in [9.17, 15) is 17.6 Å². The van der Waals surface area contributed by atoms with Gasteiger partial charge in [0.2, 0.25) is 0 Å².